The van der Waals surface area contributed by atoms with Gasteiger partial charge in [-0.25, -0.2) is 4.98 Å². The molecule has 1 saturated heterocycles. The van der Waals surface area contributed by atoms with Gasteiger partial charge in [0.2, 0.25) is 0 Å². The number of carbonyl (C=O) groups excluding carboxylic acids is 1. The lowest BCUT2D eigenvalue weighted by molar-refractivity contribution is 0.0636. The zero-order chi connectivity index (χ0) is 12.5. The van der Waals surface area contributed by atoms with E-state index in [-0.39, 0.29) is 5.91 Å². The number of hydrogen-bond donors (Lipinski definition) is 0. The molecule has 0 radical (unpaired) electrons. The molecule has 1 aromatic heterocycles. The Morgan fingerprint density at radius 1 is 1.44 bits per heavy atom. The number of benzene rings is 1. The first-order chi connectivity index (χ1) is 8.75. The highest BCUT2D eigenvalue weighted by Gasteiger charge is 2.24. The SMILES string of the molecule is C[C@@H]1CCCCN1C(=O)c1ccc2ncsc2c1. The number of amides is 1. The van der Waals surface area contributed by atoms with Gasteiger partial charge < -0.3 is 4.90 Å². The maximum absolute atomic E-state index is 12.5. The summed E-state index contributed by atoms with van der Waals surface area (Å²) in [6.45, 7) is 3.03. The Morgan fingerprint density at radius 2 is 2.33 bits per heavy atom. The van der Waals surface area contributed by atoms with Crippen molar-refractivity contribution >= 4 is 27.5 Å². The van der Waals surface area contributed by atoms with Gasteiger partial charge in [0, 0.05) is 18.2 Å². The van der Waals surface area contributed by atoms with Crippen molar-refractivity contribution in [3.05, 3.63) is 29.3 Å². The average molecular weight is 260 g/mol. The molecular weight excluding hydrogens is 244 g/mol. The number of aromatic nitrogens is 1. The zero-order valence-electron chi connectivity index (χ0n) is 10.4. The van der Waals surface area contributed by atoms with Gasteiger partial charge in [0.05, 0.1) is 15.7 Å². The van der Waals surface area contributed by atoms with Crippen molar-refractivity contribution in [3.63, 3.8) is 0 Å². The second-order valence-corrected chi connectivity index (χ2v) is 5.76. The molecule has 94 valence electrons. The molecule has 1 amide bonds. The molecule has 0 saturated carbocycles. The van der Waals surface area contributed by atoms with Crippen molar-refractivity contribution in [2.45, 2.75) is 32.2 Å². The molecule has 3 rings (SSSR count). The zero-order valence-corrected chi connectivity index (χ0v) is 11.2. The maximum Gasteiger partial charge on any atom is 0.254 e. The van der Waals surface area contributed by atoms with Gasteiger partial charge in [-0.05, 0) is 44.4 Å². The largest absolute Gasteiger partial charge is 0.336 e. The smallest absolute Gasteiger partial charge is 0.254 e. The molecule has 18 heavy (non-hydrogen) atoms. The van der Waals surface area contributed by atoms with E-state index in [0.29, 0.717) is 6.04 Å². The maximum atomic E-state index is 12.5. The molecule has 2 aromatic rings. The van der Waals surface area contributed by atoms with Crippen LogP contribution < -0.4 is 0 Å². The van der Waals surface area contributed by atoms with E-state index in [2.05, 4.69) is 11.9 Å². The van der Waals surface area contributed by atoms with Gasteiger partial charge >= 0.3 is 0 Å². The van der Waals surface area contributed by atoms with E-state index in [4.69, 9.17) is 0 Å². The quantitative estimate of drug-likeness (QED) is 0.788. The molecule has 0 aliphatic carbocycles. The Balaban J connectivity index is 1.90. The van der Waals surface area contributed by atoms with Crippen molar-refractivity contribution in [3.8, 4) is 0 Å². The fourth-order valence-electron chi connectivity index (χ4n) is 2.55. The minimum absolute atomic E-state index is 0.164. The average Bonchev–Trinajstić information content (AvgIpc) is 2.85. The third-order valence-corrected chi connectivity index (χ3v) is 4.43. The molecule has 2 heterocycles. The van der Waals surface area contributed by atoms with Crippen LogP contribution in [0.4, 0.5) is 0 Å². The minimum atomic E-state index is 0.164. The van der Waals surface area contributed by atoms with Crippen LogP contribution >= 0.6 is 11.3 Å². The van der Waals surface area contributed by atoms with Crippen molar-refractivity contribution < 1.29 is 4.79 Å². The van der Waals surface area contributed by atoms with Crippen LogP contribution in [0.3, 0.4) is 0 Å². The Bertz CT molecular complexity index is 578. The summed E-state index contributed by atoms with van der Waals surface area (Å²) in [7, 11) is 0. The normalized spacial score (nSPS) is 20.3. The van der Waals surface area contributed by atoms with Crippen LogP contribution in [0.2, 0.25) is 0 Å². The molecule has 3 nitrogen and oxygen atoms in total. The molecule has 4 heteroatoms. The fraction of sp³-hybridized carbons (Fsp3) is 0.429. The molecule has 0 spiro atoms. The first kappa shape index (κ1) is 11.7. The van der Waals surface area contributed by atoms with Gasteiger partial charge in [0.25, 0.3) is 5.91 Å². The van der Waals surface area contributed by atoms with Crippen LogP contribution in [0.25, 0.3) is 10.2 Å². The Labute approximate surface area is 110 Å². The van der Waals surface area contributed by atoms with E-state index >= 15 is 0 Å². The lowest BCUT2D eigenvalue weighted by atomic mass is 10.0. The monoisotopic (exact) mass is 260 g/mol. The minimum Gasteiger partial charge on any atom is -0.336 e. The van der Waals surface area contributed by atoms with Gasteiger partial charge in [-0.1, -0.05) is 0 Å². The van der Waals surface area contributed by atoms with Gasteiger partial charge in [0.15, 0.2) is 0 Å². The lowest BCUT2D eigenvalue weighted by Crippen LogP contribution is -2.41. The van der Waals surface area contributed by atoms with Crippen LogP contribution in [-0.4, -0.2) is 28.4 Å². The predicted octanol–water partition coefficient (Wildman–Crippen LogP) is 3.31. The van der Waals surface area contributed by atoms with Gasteiger partial charge in [-0.15, -0.1) is 11.3 Å². The highest BCUT2D eigenvalue weighted by atomic mass is 32.1. The number of thiazole rings is 1. The standard InChI is InChI=1S/C14H16N2OS/c1-10-4-2-3-7-16(10)14(17)11-5-6-12-13(8-11)18-9-15-12/h5-6,8-10H,2-4,7H2,1H3/t10-/m1/s1. The molecule has 1 aliphatic heterocycles. The highest BCUT2D eigenvalue weighted by molar-refractivity contribution is 7.16. The molecule has 0 N–H and O–H groups in total. The van der Waals surface area contributed by atoms with Crippen molar-refractivity contribution in [2.75, 3.05) is 6.54 Å². The van der Waals surface area contributed by atoms with E-state index < -0.39 is 0 Å². The molecule has 1 aliphatic rings. The molecule has 1 fully saturated rings. The van der Waals surface area contributed by atoms with Crippen LogP contribution in [0.5, 0.6) is 0 Å². The van der Waals surface area contributed by atoms with Gasteiger partial charge in [0.1, 0.15) is 0 Å². The van der Waals surface area contributed by atoms with Crippen molar-refractivity contribution in [1.29, 1.82) is 0 Å². The first-order valence-corrected chi connectivity index (χ1v) is 7.28. The van der Waals surface area contributed by atoms with Crippen molar-refractivity contribution in [2.24, 2.45) is 0 Å². The number of rotatable bonds is 1. The van der Waals surface area contributed by atoms with E-state index in [1.54, 1.807) is 11.3 Å². The Kier molecular flexibility index (Phi) is 3.04. The lowest BCUT2D eigenvalue weighted by Gasteiger charge is -2.33. The first-order valence-electron chi connectivity index (χ1n) is 6.40. The number of hydrogen-bond acceptors (Lipinski definition) is 3. The summed E-state index contributed by atoms with van der Waals surface area (Å²) in [4.78, 5) is 18.7. The summed E-state index contributed by atoms with van der Waals surface area (Å²) in [5.41, 5.74) is 3.59. The van der Waals surface area contributed by atoms with E-state index in [1.165, 1.54) is 6.42 Å². The van der Waals surface area contributed by atoms with Crippen molar-refractivity contribution in [1.82, 2.24) is 9.88 Å². The van der Waals surface area contributed by atoms with Crippen LogP contribution in [0, 0.1) is 0 Å². The second kappa shape index (κ2) is 4.69. The molecule has 0 bridgehead atoms. The van der Waals surface area contributed by atoms with E-state index in [9.17, 15) is 4.79 Å². The Morgan fingerprint density at radius 3 is 3.17 bits per heavy atom. The predicted molar refractivity (Wildman–Crippen MR) is 74.0 cm³/mol. The summed E-state index contributed by atoms with van der Waals surface area (Å²) in [5, 5.41) is 0. The molecular formula is C14H16N2OS. The van der Waals surface area contributed by atoms with Crippen LogP contribution in [-0.2, 0) is 0 Å². The van der Waals surface area contributed by atoms with Crippen LogP contribution in [0.15, 0.2) is 23.7 Å². The van der Waals surface area contributed by atoms with E-state index in [1.807, 2.05) is 28.6 Å². The number of likely N-dealkylation sites (tertiary alicyclic amines) is 1. The topological polar surface area (TPSA) is 33.2 Å². The Hall–Kier alpha value is -1.42. The van der Waals surface area contributed by atoms with Gasteiger partial charge in [-0.2, -0.15) is 0 Å². The second-order valence-electron chi connectivity index (χ2n) is 4.88. The highest BCUT2D eigenvalue weighted by Crippen LogP contribution is 2.23. The van der Waals surface area contributed by atoms with E-state index in [0.717, 1.165) is 35.2 Å². The number of carbonyl (C=O) groups is 1. The fourth-order valence-corrected chi connectivity index (χ4v) is 3.27. The molecule has 1 aromatic carbocycles. The number of piperidine rings is 1. The van der Waals surface area contributed by atoms with Crippen LogP contribution in [0.1, 0.15) is 36.5 Å². The molecule has 1 atom stereocenters. The molecule has 0 unspecified atom stereocenters. The summed E-state index contributed by atoms with van der Waals surface area (Å²) >= 11 is 1.58. The number of nitrogens with zero attached hydrogens (tertiary/aromatic N) is 2. The summed E-state index contributed by atoms with van der Waals surface area (Å²) in [6.07, 6.45) is 3.48. The third-order valence-electron chi connectivity index (χ3n) is 3.64. The van der Waals surface area contributed by atoms with Gasteiger partial charge in [-0.3, -0.25) is 4.79 Å². The number of fused-ring (bicyclic) bond motifs is 1. The summed E-state index contributed by atoms with van der Waals surface area (Å²) in [5.74, 6) is 0.164. The summed E-state index contributed by atoms with van der Waals surface area (Å²) < 4.78 is 1.09. The summed E-state index contributed by atoms with van der Waals surface area (Å²) in [6, 6.07) is 6.17. The third kappa shape index (κ3) is 2.01.